The van der Waals surface area contributed by atoms with Gasteiger partial charge in [0.15, 0.2) is 0 Å². The zero-order chi connectivity index (χ0) is 43.3. The van der Waals surface area contributed by atoms with Crippen LogP contribution >= 0.6 is 0 Å². The van der Waals surface area contributed by atoms with Crippen LogP contribution in [0.1, 0.15) is 81.4 Å². The third-order valence-corrected chi connectivity index (χ3v) is 14.3. The molecular formula is C62H60N2. The molecule has 5 atom stereocenters. The summed E-state index contributed by atoms with van der Waals surface area (Å²) in [5, 5.41) is 0. The molecule has 0 spiro atoms. The van der Waals surface area contributed by atoms with Gasteiger partial charge in [0.25, 0.3) is 0 Å². The van der Waals surface area contributed by atoms with E-state index in [1.807, 2.05) is 0 Å². The molecule has 64 heavy (non-hydrogen) atoms. The van der Waals surface area contributed by atoms with Crippen LogP contribution in [0.3, 0.4) is 0 Å². The van der Waals surface area contributed by atoms with Crippen molar-refractivity contribution >= 4 is 22.6 Å². The van der Waals surface area contributed by atoms with Crippen LogP contribution in [0, 0.1) is 17.8 Å². The van der Waals surface area contributed by atoms with Gasteiger partial charge in [-0.1, -0.05) is 178 Å². The molecule has 2 heteroatoms. The molecule has 0 aliphatic heterocycles. The summed E-state index contributed by atoms with van der Waals surface area (Å²) in [5.41, 5.74) is 15.0. The zero-order valence-corrected chi connectivity index (χ0v) is 37.4. The maximum Gasteiger partial charge on any atom is 0.0462 e. The van der Waals surface area contributed by atoms with Gasteiger partial charge in [-0.15, -0.1) is 0 Å². The molecule has 0 N–H and O–H groups in total. The summed E-state index contributed by atoms with van der Waals surface area (Å²) in [7, 11) is 0. The monoisotopic (exact) mass is 832 g/mol. The van der Waals surface area contributed by atoms with Gasteiger partial charge < -0.3 is 9.80 Å². The van der Waals surface area contributed by atoms with Crippen LogP contribution in [-0.4, -0.2) is 4.90 Å². The minimum absolute atomic E-state index is 0.142. The Morgan fingerprint density at radius 2 is 1.17 bits per heavy atom. The summed E-state index contributed by atoms with van der Waals surface area (Å²) in [4.78, 5) is 4.91. The molecule has 5 aliphatic rings. The number of hydrogen-bond acceptors (Lipinski definition) is 2. The van der Waals surface area contributed by atoms with Crippen molar-refractivity contribution in [1.29, 1.82) is 0 Å². The molecule has 2 nitrogen and oxygen atoms in total. The number of allylic oxidation sites excluding steroid dienone is 15. The van der Waals surface area contributed by atoms with E-state index in [9.17, 15) is 0 Å². The van der Waals surface area contributed by atoms with Crippen LogP contribution in [0.25, 0.3) is 16.7 Å². The lowest BCUT2D eigenvalue weighted by Gasteiger charge is -2.37. The van der Waals surface area contributed by atoms with E-state index in [2.05, 4.69) is 242 Å². The third-order valence-electron chi connectivity index (χ3n) is 14.3. The van der Waals surface area contributed by atoms with E-state index in [0.29, 0.717) is 23.7 Å². The van der Waals surface area contributed by atoms with Crippen LogP contribution in [0.2, 0.25) is 0 Å². The van der Waals surface area contributed by atoms with Gasteiger partial charge in [-0.3, -0.25) is 0 Å². The Morgan fingerprint density at radius 3 is 1.78 bits per heavy atom. The maximum absolute atomic E-state index is 2.51. The van der Waals surface area contributed by atoms with Gasteiger partial charge in [-0.25, -0.2) is 0 Å². The molecule has 5 aromatic carbocycles. The third kappa shape index (κ3) is 8.80. The Bertz CT molecular complexity index is 2700. The van der Waals surface area contributed by atoms with E-state index < -0.39 is 0 Å². The predicted molar refractivity (Wildman–Crippen MR) is 271 cm³/mol. The highest BCUT2D eigenvalue weighted by atomic mass is 15.2. The summed E-state index contributed by atoms with van der Waals surface area (Å²) in [6, 6.07) is 49.2. The van der Waals surface area contributed by atoms with E-state index in [0.717, 1.165) is 36.3 Å². The standard InChI is InChI=1S/C62H60N2/c1-46-45-60(39-40-61(46)53-21-13-6-14-22-53)64(57-35-27-52(28-36-57)49-19-11-5-12-20-49)59-41-43-62(2,44-42-59)54-29-37-58(38-30-54)63(55-31-23-50(24-32-55)47-15-7-3-8-16-47)56-33-25-51(26-34-56)48-17-9-4-10-18-48/h3,5-8,11-17,19,21-27,29-43,45-46,49,52,61H,4,9-10,18,20,28,44H2,1-2H3. The van der Waals surface area contributed by atoms with Crippen molar-refractivity contribution in [2.24, 2.45) is 17.8 Å². The molecule has 5 aromatic rings. The van der Waals surface area contributed by atoms with Gasteiger partial charge in [0, 0.05) is 45.5 Å². The molecule has 5 unspecified atom stereocenters. The lowest BCUT2D eigenvalue weighted by atomic mass is 9.76. The summed E-state index contributed by atoms with van der Waals surface area (Å²) < 4.78 is 0. The van der Waals surface area contributed by atoms with E-state index in [1.165, 1.54) is 76.2 Å². The van der Waals surface area contributed by atoms with E-state index in [1.54, 1.807) is 0 Å². The fraction of sp³-hybridized carbons (Fsp3) is 0.226. The molecule has 0 saturated carbocycles. The van der Waals surface area contributed by atoms with Crippen molar-refractivity contribution in [2.75, 3.05) is 4.90 Å². The highest BCUT2D eigenvalue weighted by Crippen LogP contribution is 2.43. The first kappa shape index (κ1) is 41.4. The zero-order valence-electron chi connectivity index (χ0n) is 37.4. The number of hydrogen-bond donors (Lipinski definition) is 0. The fourth-order valence-electron chi connectivity index (χ4n) is 10.4. The second-order valence-corrected chi connectivity index (χ2v) is 18.6. The van der Waals surface area contributed by atoms with Gasteiger partial charge in [0.2, 0.25) is 0 Å². The molecule has 0 saturated heterocycles. The summed E-state index contributed by atoms with van der Waals surface area (Å²) >= 11 is 0. The van der Waals surface area contributed by atoms with Crippen molar-refractivity contribution in [3.63, 3.8) is 0 Å². The van der Waals surface area contributed by atoms with Crippen molar-refractivity contribution in [3.05, 3.63) is 252 Å². The second kappa shape index (κ2) is 18.6. The largest absolute Gasteiger partial charge is 0.311 e. The van der Waals surface area contributed by atoms with E-state index in [4.69, 9.17) is 0 Å². The summed E-state index contributed by atoms with van der Waals surface area (Å²) in [6.45, 7) is 4.75. The second-order valence-electron chi connectivity index (χ2n) is 18.6. The van der Waals surface area contributed by atoms with Crippen molar-refractivity contribution in [3.8, 4) is 11.1 Å². The Kier molecular flexibility index (Phi) is 12.0. The Balaban J connectivity index is 0.923. The first-order chi connectivity index (χ1) is 31.5. The van der Waals surface area contributed by atoms with Gasteiger partial charge in [-0.05, 0) is 151 Å². The Morgan fingerprint density at radius 1 is 0.531 bits per heavy atom. The molecule has 318 valence electrons. The van der Waals surface area contributed by atoms with Crippen LogP contribution in [0.4, 0.5) is 17.1 Å². The summed E-state index contributed by atoms with van der Waals surface area (Å²) in [6.07, 6.45) is 41.4. The SMILES string of the molecule is CC1C=C(N(C2=CCC(C3C=CC=CC3)C=C2)C2=CCC(C)(c3ccc(N(c4ccc(C5=CCCCC5)cc4)c4ccc(-c5ccccc5)cc4)cc3)C=C2)C=CC1c1ccccc1. The van der Waals surface area contributed by atoms with Gasteiger partial charge in [0.1, 0.15) is 0 Å². The highest BCUT2D eigenvalue weighted by Gasteiger charge is 2.30. The molecule has 0 bridgehead atoms. The molecule has 0 radical (unpaired) electrons. The van der Waals surface area contributed by atoms with E-state index >= 15 is 0 Å². The molecule has 0 fully saturated rings. The van der Waals surface area contributed by atoms with Crippen LogP contribution in [0.5, 0.6) is 0 Å². The smallest absolute Gasteiger partial charge is 0.0462 e. The topological polar surface area (TPSA) is 6.48 Å². The van der Waals surface area contributed by atoms with Crippen LogP contribution in [0.15, 0.2) is 236 Å². The predicted octanol–water partition coefficient (Wildman–Crippen LogP) is 16.7. The van der Waals surface area contributed by atoms with Crippen LogP contribution in [-0.2, 0) is 5.41 Å². The Labute approximate surface area is 382 Å². The molecule has 0 aromatic heterocycles. The minimum Gasteiger partial charge on any atom is -0.311 e. The normalized spacial score (nSPS) is 23.8. The van der Waals surface area contributed by atoms with Crippen molar-refractivity contribution in [2.45, 2.75) is 70.1 Å². The first-order valence-corrected chi connectivity index (χ1v) is 23.7. The van der Waals surface area contributed by atoms with Gasteiger partial charge >= 0.3 is 0 Å². The van der Waals surface area contributed by atoms with E-state index in [-0.39, 0.29) is 5.41 Å². The maximum atomic E-state index is 2.51. The number of nitrogens with zero attached hydrogens (tertiary/aromatic N) is 2. The fourth-order valence-corrected chi connectivity index (χ4v) is 10.4. The van der Waals surface area contributed by atoms with Gasteiger partial charge in [-0.2, -0.15) is 0 Å². The lowest BCUT2D eigenvalue weighted by molar-refractivity contribution is 0.460. The average molecular weight is 833 g/mol. The average Bonchev–Trinajstić information content (AvgIpc) is 3.37. The first-order valence-electron chi connectivity index (χ1n) is 23.7. The van der Waals surface area contributed by atoms with Crippen molar-refractivity contribution < 1.29 is 0 Å². The highest BCUT2D eigenvalue weighted by molar-refractivity contribution is 5.80. The molecule has 0 amide bonds. The quantitative estimate of drug-likeness (QED) is 0.131. The van der Waals surface area contributed by atoms with Gasteiger partial charge in [0.05, 0.1) is 0 Å². The number of anilines is 3. The number of rotatable bonds is 11. The summed E-state index contributed by atoms with van der Waals surface area (Å²) in [5.74, 6) is 1.82. The molecular weight excluding hydrogens is 773 g/mol. The Hall–Kier alpha value is -6.64. The lowest BCUT2D eigenvalue weighted by Crippen LogP contribution is -2.28. The van der Waals surface area contributed by atoms with Crippen molar-refractivity contribution in [1.82, 2.24) is 4.90 Å². The molecule has 5 aliphatic carbocycles. The van der Waals surface area contributed by atoms with Crippen LogP contribution < -0.4 is 4.90 Å². The molecule has 10 rings (SSSR count). The minimum atomic E-state index is -0.142. The molecule has 0 heterocycles. The number of benzene rings is 5.